The minimum Gasteiger partial charge on any atom is -0.498 e. The van der Waals surface area contributed by atoms with Gasteiger partial charge in [0.1, 0.15) is 5.78 Å². The zero-order valence-corrected chi connectivity index (χ0v) is 7.52. The van der Waals surface area contributed by atoms with Gasteiger partial charge >= 0.3 is 0 Å². The monoisotopic (exact) mass is 171 g/mol. The van der Waals surface area contributed by atoms with Gasteiger partial charge in [0.25, 0.3) is 0 Å². The second-order valence-electron chi connectivity index (χ2n) is 3.78. The minimum absolute atomic E-state index is 0.100. The van der Waals surface area contributed by atoms with E-state index in [1.807, 2.05) is 19.9 Å². The Morgan fingerprint density at radius 2 is 2.50 bits per heavy atom. The summed E-state index contributed by atoms with van der Waals surface area (Å²) in [4.78, 5) is 11.4. The Bertz CT molecular complexity index is 290. The minimum atomic E-state index is -2.11. The van der Waals surface area contributed by atoms with Gasteiger partial charge < -0.3 is 4.74 Å². The van der Waals surface area contributed by atoms with Crippen LogP contribution in [0.3, 0.4) is 0 Å². The number of ketones is 1. The lowest BCUT2D eigenvalue weighted by molar-refractivity contribution is -0.121. The molecule has 0 bridgehead atoms. The normalized spacial score (nSPS) is 26.7. The molecular formula is C10H16O2. The lowest BCUT2D eigenvalue weighted by Gasteiger charge is -2.25. The average molecular weight is 171 g/mol. The van der Waals surface area contributed by atoms with Crippen molar-refractivity contribution < 1.29 is 13.6 Å². The zero-order valence-electron chi connectivity index (χ0n) is 10.5. The molecule has 1 aliphatic carbocycles. The molecule has 1 rings (SSSR count). The SMILES string of the molecule is [2H]C([2H])([2H])COC1=CC(C)(C)CC(=O)C1. The van der Waals surface area contributed by atoms with Gasteiger partial charge in [-0.3, -0.25) is 4.79 Å². The summed E-state index contributed by atoms with van der Waals surface area (Å²) in [5.41, 5.74) is -0.223. The Morgan fingerprint density at radius 1 is 1.75 bits per heavy atom. The second-order valence-corrected chi connectivity index (χ2v) is 3.78. The van der Waals surface area contributed by atoms with Crippen LogP contribution in [0.25, 0.3) is 0 Å². The van der Waals surface area contributed by atoms with Gasteiger partial charge in [0.15, 0.2) is 0 Å². The van der Waals surface area contributed by atoms with E-state index in [9.17, 15) is 4.79 Å². The lowest BCUT2D eigenvalue weighted by atomic mass is 9.81. The van der Waals surface area contributed by atoms with Crippen LogP contribution in [-0.2, 0) is 9.53 Å². The molecule has 0 saturated carbocycles. The molecule has 1 aliphatic rings. The van der Waals surface area contributed by atoms with Gasteiger partial charge in [-0.1, -0.05) is 13.8 Å². The molecule has 0 N–H and O–H groups in total. The maximum atomic E-state index is 11.4. The van der Waals surface area contributed by atoms with E-state index in [1.165, 1.54) is 0 Å². The number of Topliss-reactive ketones (excluding diaryl/α,β-unsaturated/α-hetero) is 1. The molecule has 0 radical (unpaired) electrons. The fraction of sp³-hybridized carbons (Fsp3) is 0.700. The van der Waals surface area contributed by atoms with Crippen LogP contribution in [0.4, 0.5) is 0 Å². The summed E-state index contributed by atoms with van der Waals surface area (Å²) in [6.45, 7) is 1.43. The summed E-state index contributed by atoms with van der Waals surface area (Å²) >= 11 is 0. The summed E-state index contributed by atoms with van der Waals surface area (Å²) < 4.78 is 26.1. The fourth-order valence-electron chi connectivity index (χ4n) is 1.49. The largest absolute Gasteiger partial charge is 0.498 e. The molecule has 0 saturated heterocycles. The van der Waals surface area contributed by atoms with Gasteiger partial charge in [0.2, 0.25) is 0 Å². The number of allylic oxidation sites excluding steroid dienone is 2. The van der Waals surface area contributed by atoms with Crippen LogP contribution in [-0.4, -0.2) is 12.4 Å². The number of hydrogen-bond acceptors (Lipinski definition) is 2. The van der Waals surface area contributed by atoms with Gasteiger partial charge in [-0.15, -0.1) is 0 Å². The van der Waals surface area contributed by atoms with Gasteiger partial charge in [-0.05, 0) is 18.3 Å². The van der Waals surface area contributed by atoms with Crippen LogP contribution in [0.2, 0.25) is 0 Å². The number of rotatable bonds is 2. The van der Waals surface area contributed by atoms with Crippen molar-refractivity contribution >= 4 is 5.78 Å². The van der Waals surface area contributed by atoms with Crippen LogP contribution >= 0.6 is 0 Å². The van der Waals surface area contributed by atoms with Crippen molar-refractivity contribution in [3.8, 4) is 0 Å². The molecule has 0 amide bonds. The highest BCUT2D eigenvalue weighted by Gasteiger charge is 2.26. The van der Waals surface area contributed by atoms with E-state index in [4.69, 9.17) is 8.85 Å². The average Bonchev–Trinajstić information content (AvgIpc) is 1.95. The molecule has 0 unspecified atom stereocenters. The summed E-state index contributed by atoms with van der Waals surface area (Å²) in [6, 6.07) is 0. The maximum absolute atomic E-state index is 11.4. The lowest BCUT2D eigenvalue weighted by Crippen LogP contribution is -2.21. The smallest absolute Gasteiger partial charge is 0.141 e. The van der Waals surface area contributed by atoms with Gasteiger partial charge in [0.05, 0.1) is 18.8 Å². The van der Waals surface area contributed by atoms with Crippen molar-refractivity contribution in [3.05, 3.63) is 11.8 Å². The Kier molecular flexibility index (Phi) is 1.59. The molecule has 2 nitrogen and oxygen atoms in total. The van der Waals surface area contributed by atoms with Crippen LogP contribution < -0.4 is 0 Å². The summed E-state index contributed by atoms with van der Waals surface area (Å²) in [5, 5.41) is 0. The Balaban J connectivity index is 2.62. The van der Waals surface area contributed by atoms with Crippen molar-refractivity contribution in [1.82, 2.24) is 0 Å². The highest BCUT2D eigenvalue weighted by molar-refractivity contribution is 5.82. The molecule has 68 valence electrons. The third kappa shape index (κ3) is 2.36. The van der Waals surface area contributed by atoms with Crippen molar-refractivity contribution in [1.29, 1.82) is 0 Å². The van der Waals surface area contributed by atoms with Crippen LogP contribution in [0, 0.1) is 5.41 Å². The van der Waals surface area contributed by atoms with Crippen molar-refractivity contribution in [2.24, 2.45) is 5.41 Å². The van der Waals surface area contributed by atoms with E-state index < -0.39 is 6.85 Å². The first kappa shape index (κ1) is 5.79. The van der Waals surface area contributed by atoms with E-state index in [-0.39, 0.29) is 24.2 Å². The summed E-state index contributed by atoms with van der Waals surface area (Å²) in [5.74, 6) is 0.593. The van der Waals surface area contributed by atoms with Gasteiger partial charge in [-0.25, -0.2) is 0 Å². The van der Waals surface area contributed by atoms with E-state index in [0.717, 1.165) is 0 Å². The van der Waals surface area contributed by atoms with Crippen LogP contribution in [0.15, 0.2) is 11.8 Å². The molecule has 0 spiro atoms. The molecule has 0 fully saturated rings. The van der Waals surface area contributed by atoms with E-state index >= 15 is 0 Å². The molecule has 0 atom stereocenters. The third-order valence-corrected chi connectivity index (χ3v) is 1.83. The molecule has 0 aromatic carbocycles. The van der Waals surface area contributed by atoms with E-state index in [0.29, 0.717) is 12.2 Å². The second kappa shape index (κ2) is 3.30. The number of ether oxygens (including phenoxy) is 1. The molecular weight excluding hydrogens is 152 g/mol. The van der Waals surface area contributed by atoms with Crippen LogP contribution in [0.1, 0.15) is 37.7 Å². The first-order chi connectivity index (χ1) is 6.68. The van der Waals surface area contributed by atoms with Crippen LogP contribution in [0.5, 0.6) is 0 Å². The molecule has 2 heteroatoms. The van der Waals surface area contributed by atoms with Crippen molar-refractivity contribution in [2.45, 2.75) is 33.5 Å². The topological polar surface area (TPSA) is 26.3 Å². The number of carbonyl (C=O) groups excluding carboxylic acids is 1. The molecule has 12 heavy (non-hydrogen) atoms. The quantitative estimate of drug-likeness (QED) is 0.637. The Morgan fingerprint density at radius 3 is 3.08 bits per heavy atom. The number of hydrogen-bond donors (Lipinski definition) is 0. The standard InChI is InChI=1S/C10H16O2/c1-4-12-9-5-8(11)6-10(2,3)7-9/h7H,4-6H2,1-3H3/i1D3. The van der Waals surface area contributed by atoms with Crippen molar-refractivity contribution in [2.75, 3.05) is 6.61 Å². The van der Waals surface area contributed by atoms with Crippen molar-refractivity contribution in [3.63, 3.8) is 0 Å². The summed E-state index contributed by atoms with van der Waals surface area (Å²) in [6.07, 6.45) is 2.56. The highest BCUT2D eigenvalue weighted by atomic mass is 16.5. The first-order valence-electron chi connectivity index (χ1n) is 5.54. The summed E-state index contributed by atoms with van der Waals surface area (Å²) in [7, 11) is 0. The first-order valence-corrected chi connectivity index (χ1v) is 4.04. The zero-order chi connectivity index (χ0) is 11.7. The molecule has 0 aromatic heterocycles. The highest BCUT2D eigenvalue weighted by Crippen LogP contribution is 2.31. The molecule has 0 aromatic rings. The third-order valence-electron chi connectivity index (χ3n) is 1.83. The predicted molar refractivity (Wildman–Crippen MR) is 47.7 cm³/mol. The maximum Gasteiger partial charge on any atom is 0.141 e. The molecule has 0 aliphatic heterocycles. The fourth-order valence-corrected chi connectivity index (χ4v) is 1.49. The van der Waals surface area contributed by atoms with Gasteiger partial charge in [0, 0.05) is 10.5 Å². The molecule has 0 heterocycles. The van der Waals surface area contributed by atoms with E-state index in [1.54, 1.807) is 0 Å². The Hall–Kier alpha value is -0.790. The van der Waals surface area contributed by atoms with E-state index in [2.05, 4.69) is 0 Å². The Labute approximate surface area is 77.8 Å². The van der Waals surface area contributed by atoms with Gasteiger partial charge in [-0.2, -0.15) is 0 Å². The number of carbonyl (C=O) groups is 1. The predicted octanol–water partition coefficient (Wildman–Crippen LogP) is 2.30.